The lowest BCUT2D eigenvalue weighted by Gasteiger charge is -2.22. The molecule has 146 valence electrons. The zero-order valence-corrected chi connectivity index (χ0v) is 16.6. The van der Waals surface area contributed by atoms with Crippen LogP contribution in [0.15, 0.2) is 42.5 Å². The van der Waals surface area contributed by atoms with Gasteiger partial charge in [0.1, 0.15) is 17.9 Å². The number of amides is 3. The number of hydrogen-bond donors (Lipinski definition) is 1. The molecule has 2 aromatic carbocycles. The van der Waals surface area contributed by atoms with Crippen molar-refractivity contribution in [2.45, 2.75) is 45.1 Å². The Morgan fingerprint density at radius 3 is 2.71 bits per heavy atom. The number of fused-ring (bicyclic) bond motifs is 2. The van der Waals surface area contributed by atoms with Gasteiger partial charge in [-0.3, -0.25) is 9.69 Å². The topological polar surface area (TPSA) is 58.6 Å². The summed E-state index contributed by atoms with van der Waals surface area (Å²) in [5.41, 5.74) is 3.64. The maximum absolute atomic E-state index is 13.1. The summed E-state index contributed by atoms with van der Waals surface area (Å²) in [6, 6.07) is 13.6. The van der Waals surface area contributed by atoms with Crippen molar-refractivity contribution in [2.24, 2.45) is 0 Å². The summed E-state index contributed by atoms with van der Waals surface area (Å²) in [7, 11) is 0. The average Bonchev–Trinajstić information content (AvgIpc) is 3.15. The van der Waals surface area contributed by atoms with Crippen molar-refractivity contribution >= 4 is 11.9 Å². The number of aryl methyl sites for hydroxylation is 2. The minimum Gasteiger partial charge on any atom is -0.492 e. The third-order valence-electron chi connectivity index (χ3n) is 5.87. The van der Waals surface area contributed by atoms with Gasteiger partial charge in [-0.05, 0) is 60.1 Å². The maximum atomic E-state index is 13.1. The van der Waals surface area contributed by atoms with Crippen molar-refractivity contribution in [1.82, 2.24) is 10.2 Å². The van der Waals surface area contributed by atoms with E-state index in [-0.39, 0.29) is 25.1 Å². The molecule has 5 heteroatoms. The second-order valence-corrected chi connectivity index (χ2v) is 7.97. The van der Waals surface area contributed by atoms with Gasteiger partial charge in [0, 0.05) is 0 Å². The van der Waals surface area contributed by atoms with Crippen LogP contribution in [0.5, 0.6) is 5.75 Å². The highest BCUT2D eigenvalue weighted by Gasteiger charge is 2.55. The molecule has 1 aliphatic carbocycles. The van der Waals surface area contributed by atoms with Gasteiger partial charge in [-0.15, -0.1) is 0 Å². The van der Waals surface area contributed by atoms with Crippen molar-refractivity contribution < 1.29 is 14.3 Å². The third-order valence-corrected chi connectivity index (χ3v) is 5.87. The summed E-state index contributed by atoms with van der Waals surface area (Å²) in [5, 5.41) is 2.94. The van der Waals surface area contributed by atoms with E-state index in [2.05, 4.69) is 32.2 Å². The minimum absolute atomic E-state index is 0.169. The smallest absolute Gasteiger partial charge is 0.325 e. The molecule has 1 unspecified atom stereocenters. The molecule has 0 aromatic heterocycles. The lowest BCUT2D eigenvalue weighted by atomic mass is 9.92. The molecular formula is C23H26N2O3. The predicted molar refractivity (Wildman–Crippen MR) is 107 cm³/mol. The van der Waals surface area contributed by atoms with Crippen molar-refractivity contribution in [3.05, 3.63) is 64.7 Å². The van der Waals surface area contributed by atoms with Crippen LogP contribution in [0.2, 0.25) is 0 Å². The fourth-order valence-electron chi connectivity index (χ4n) is 4.43. The van der Waals surface area contributed by atoms with E-state index in [1.165, 1.54) is 16.0 Å². The van der Waals surface area contributed by atoms with Gasteiger partial charge in [-0.25, -0.2) is 4.79 Å². The van der Waals surface area contributed by atoms with Crippen LogP contribution in [0.1, 0.15) is 48.4 Å². The van der Waals surface area contributed by atoms with Gasteiger partial charge in [-0.1, -0.05) is 44.2 Å². The Morgan fingerprint density at radius 1 is 1.18 bits per heavy atom. The van der Waals surface area contributed by atoms with E-state index in [1.807, 2.05) is 36.4 Å². The largest absolute Gasteiger partial charge is 0.492 e. The average molecular weight is 378 g/mol. The maximum Gasteiger partial charge on any atom is 0.325 e. The minimum atomic E-state index is -0.900. The molecule has 1 heterocycles. The third kappa shape index (κ3) is 2.95. The molecule has 5 nitrogen and oxygen atoms in total. The van der Waals surface area contributed by atoms with Gasteiger partial charge < -0.3 is 10.1 Å². The summed E-state index contributed by atoms with van der Waals surface area (Å²) < 4.78 is 5.83. The number of imide groups is 1. The first-order valence-electron chi connectivity index (χ1n) is 9.88. The van der Waals surface area contributed by atoms with Crippen LogP contribution >= 0.6 is 0 Å². The quantitative estimate of drug-likeness (QED) is 0.803. The van der Waals surface area contributed by atoms with Crippen molar-refractivity contribution in [2.75, 3.05) is 13.2 Å². The summed E-state index contributed by atoms with van der Waals surface area (Å²) in [5.74, 6) is 1.05. The molecule has 1 aliphatic heterocycles. The van der Waals surface area contributed by atoms with Gasteiger partial charge >= 0.3 is 6.03 Å². The zero-order valence-electron chi connectivity index (χ0n) is 16.6. The lowest BCUT2D eigenvalue weighted by molar-refractivity contribution is -0.131. The lowest BCUT2D eigenvalue weighted by Crippen LogP contribution is -2.42. The van der Waals surface area contributed by atoms with Gasteiger partial charge in [0.15, 0.2) is 0 Å². The Kier molecular flexibility index (Phi) is 4.61. The standard InChI is InChI=1S/C23H26N2O3/c1-15(2)19-9-8-18(14-16(19)3)28-13-12-25-21(26)23(24-22(25)27)11-10-17-6-4-5-7-20(17)23/h4-9,14-15H,10-13H2,1-3H3,(H,24,27). The summed E-state index contributed by atoms with van der Waals surface area (Å²) >= 11 is 0. The van der Waals surface area contributed by atoms with E-state index in [0.29, 0.717) is 12.3 Å². The Balaban J connectivity index is 1.43. The van der Waals surface area contributed by atoms with E-state index >= 15 is 0 Å². The van der Waals surface area contributed by atoms with Crippen LogP contribution in [0.3, 0.4) is 0 Å². The van der Waals surface area contributed by atoms with Crippen LogP contribution in [-0.2, 0) is 16.8 Å². The molecule has 1 spiro atoms. The van der Waals surface area contributed by atoms with Crippen LogP contribution in [0.25, 0.3) is 0 Å². The Hall–Kier alpha value is -2.82. The number of rotatable bonds is 5. The highest BCUT2D eigenvalue weighted by atomic mass is 16.5. The van der Waals surface area contributed by atoms with E-state index in [0.717, 1.165) is 23.3 Å². The number of hydrogen-bond acceptors (Lipinski definition) is 3. The molecule has 1 N–H and O–H groups in total. The molecule has 2 aromatic rings. The van der Waals surface area contributed by atoms with E-state index in [1.54, 1.807) is 0 Å². The number of nitrogens with one attached hydrogen (secondary N) is 1. The molecule has 1 saturated heterocycles. The molecule has 1 fully saturated rings. The SMILES string of the molecule is Cc1cc(OCCN2C(=O)NC3(CCc4ccccc43)C2=O)ccc1C(C)C. The van der Waals surface area contributed by atoms with E-state index in [9.17, 15) is 9.59 Å². The summed E-state index contributed by atoms with van der Waals surface area (Å²) in [6.07, 6.45) is 1.41. The molecule has 3 amide bonds. The first-order valence-corrected chi connectivity index (χ1v) is 9.88. The highest BCUT2D eigenvalue weighted by molar-refractivity contribution is 6.08. The first-order chi connectivity index (χ1) is 13.4. The second-order valence-electron chi connectivity index (χ2n) is 7.97. The Morgan fingerprint density at radius 2 is 1.96 bits per heavy atom. The molecule has 4 rings (SSSR count). The van der Waals surface area contributed by atoms with E-state index in [4.69, 9.17) is 4.74 Å². The molecule has 0 radical (unpaired) electrons. The molecule has 2 aliphatic rings. The number of benzene rings is 2. The zero-order chi connectivity index (χ0) is 19.9. The number of nitrogens with zero attached hydrogens (tertiary/aromatic N) is 1. The van der Waals surface area contributed by atoms with Crippen LogP contribution in [0, 0.1) is 6.92 Å². The fraction of sp³-hybridized carbons (Fsp3) is 0.391. The number of ether oxygens (including phenoxy) is 1. The van der Waals surface area contributed by atoms with Gasteiger partial charge in [0.05, 0.1) is 6.54 Å². The van der Waals surface area contributed by atoms with E-state index < -0.39 is 5.54 Å². The molecular weight excluding hydrogens is 352 g/mol. The number of carbonyl (C=O) groups excluding carboxylic acids is 2. The number of carbonyl (C=O) groups is 2. The molecule has 1 atom stereocenters. The number of urea groups is 1. The molecule has 28 heavy (non-hydrogen) atoms. The van der Waals surface area contributed by atoms with Crippen LogP contribution in [-0.4, -0.2) is 30.0 Å². The second kappa shape index (κ2) is 6.97. The van der Waals surface area contributed by atoms with Gasteiger partial charge in [0.2, 0.25) is 0 Å². The summed E-state index contributed by atoms with van der Waals surface area (Å²) in [4.78, 5) is 26.9. The van der Waals surface area contributed by atoms with Crippen molar-refractivity contribution in [3.8, 4) is 5.75 Å². The van der Waals surface area contributed by atoms with Gasteiger partial charge in [0.25, 0.3) is 5.91 Å². The first kappa shape index (κ1) is 18.5. The Bertz CT molecular complexity index is 937. The fourth-order valence-corrected chi connectivity index (χ4v) is 4.43. The normalized spacial score (nSPS) is 20.8. The van der Waals surface area contributed by atoms with Crippen molar-refractivity contribution in [1.29, 1.82) is 0 Å². The monoisotopic (exact) mass is 378 g/mol. The summed E-state index contributed by atoms with van der Waals surface area (Å²) in [6.45, 7) is 6.91. The Labute approximate surface area is 165 Å². The van der Waals surface area contributed by atoms with Gasteiger partial charge in [-0.2, -0.15) is 0 Å². The molecule has 0 bridgehead atoms. The predicted octanol–water partition coefficient (Wildman–Crippen LogP) is 3.89. The highest BCUT2D eigenvalue weighted by Crippen LogP contribution is 2.41. The van der Waals surface area contributed by atoms with Crippen LogP contribution < -0.4 is 10.1 Å². The van der Waals surface area contributed by atoms with Crippen molar-refractivity contribution in [3.63, 3.8) is 0 Å². The van der Waals surface area contributed by atoms with Crippen LogP contribution in [0.4, 0.5) is 4.79 Å². The molecule has 0 saturated carbocycles.